The highest BCUT2D eigenvalue weighted by Gasteiger charge is 2.47. The van der Waals surface area contributed by atoms with Crippen LogP contribution in [0, 0.1) is 5.82 Å². The summed E-state index contributed by atoms with van der Waals surface area (Å²) in [6.07, 6.45) is 1.92. The van der Waals surface area contributed by atoms with Crippen molar-refractivity contribution in [2.45, 2.75) is 12.5 Å². The molecule has 1 aromatic heterocycles. The summed E-state index contributed by atoms with van der Waals surface area (Å²) in [6.45, 7) is 0.234. The van der Waals surface area contributed by atoms with Gasteiger partial charge < -0.3 is 14.4 Å². The van der Waals surface area contributed by atoms with Gasteiger partial charge in [0.15, 0.2) is 0 Å². The molecule has 0 spiro atoms. The molecule has 2 heterocycles. The maximum atomic E-state index is 13.3. The highest BCUT2D eigenvalue weighted by molar-refractivity contribution is 6.46. The molecule has 1 atom stereocenters. The van der Waals surface area contributed by atoms with E-state index in [9.17, 15) is 19.1 Å². The van der Waals surface area contributed by atoms with Gasteiger partial charge in [0.1, 0.15) is 23.4 Å². The number of carbonyl (C=O) groups is 2. The first-order chi connectivity index (χ1) is 14.5. The van der Waals surface area contributed by atoms with Crippen LogP contribution in [0.4, 0.5) is 4.39 Å². The quantitative estimate of drug-likeness (QED) is 0.364. The molecule has 1 N–H and O–H groups in total. The lowest BCUT2D eigenvalue weighted by Gasteiger charge is -2.23. The first kappa shape index (κ1) is 19.9. The van der Waals surface area contributed by atoms with Crippen LogP contribution in [0.2, 0.25) is 5.02 Å². The monoisotopic (exact) mass is 425 g/mol. The van der Waals surface area contributed by atoms with E-state index >= 15 is 0 Å². The molecule has 1 saturated heterocycles. The molecule has 1 unspecified atom stereocenters. The Morgan fingerprint density at radius 2 is 1.77 bits per heavy atom. The number of aliphatic hydroxyl groups is 1. The minimum atomic E-state index is -0.877. The minimum absolute atomic E-state index is 0.0855. The van der Waals surface area contributed by atoms with Gasteiger partial charge in [0.25, 0.3) is 11.7 Å². The summed E-state index contributed by atoms with van der Waals surface area (Å²) in [7, 11) is 0. The van der Waals surface area contributed by atoms with Crippen molar-refractivity contribution in [3.05, 3.63) is 100 Å². The van der Waals surface area contributed by atoms with Gasteiger partial charge in [-0.15, -0.1) is 0 Å². The van der Waals surface area contributed by atoms with Gasteiger partial charge in [-0.2, -0.15) is 0 Å². The van der Waals surface area contributed by atoms with Gasteiger partial charge in [0.05, 0.1) is 11.8 Å². The van der Waals surface area contributed by atoms with Gasteiger partial charge in [-0.1, -0.05) is 23.7 Å². The van der Waals surface area contributed by atoms with E-state index in [0.717, 1.165) is 5.56 Å². The van der Waals surface area contributed by atoms with Gasteiger partial charge in [-0.3, -0.25) is 9.59 Å². The van der Waals surface area contributed by atoms with Crippen LogP contribution in [0.15, 0.2) is 76.9 Å². The van der Waals surface area contributed by atoms with Crippen molar-refractivity contribution < 1.29 is 23.5 Å². The summed E-state index contributed by atoms with van der Waals surface area (Å²) in [5.74, 6) is -2.03. The number of furan rings is 1. The molecule has 5 nitrogen and oxygen atoms in total. The van der Waals surface area contributed by atoms with Crippen molar-refractivity contribution in [3.63, 3.8) is 0 Å². The maximum absolute atomic E-state index is 13.3. The molecule has 30 heavy (non-hydrogen) atoms. The van der Waals surface area contributed by atoms with Crippen LogP contribution in [0.3, 0.4) is 0 Å². The smallest absolute Gasteiger partial charge is 0.295 e. The summed E-state index contributed by atoms with van der Waals surface area (Å²) in [6, 6.07) is 14.7. The van der Waals surface area contributed by atoms with Crippen LogP contribution in [-0.4, -0.2) is 28.2 Å². The van der Waals surface area contributed by atoms with Crippen LogP contribution in [0.1, 0.15) is 22.9 Å². The number of rotatable bonds is 5. The van der Waals surface area contributed by atoms with Gasteiger partial charge in [-0.25, -0.2) is 4.39 Å². The molecule has 3 aromatic rings. The zero-order valence-corrected chi connectivity index (χ0v) is 16.5. The first-order valence-corrected chi connectivity index (χ1v) is 9.65. The van der Waals surface area contributed by atoms with E-state index in [1.165, 1.54) is 35.4 Å². The van der Waals surface area contributed by atoms with E-state index in [0.29, 0.717) is 17.2 Å². The fraction of sp³-hybridized carbons (Fsp3) is 0.130. The zero-order valence-electron chi connectivity index (χ0n) is 15.7. The Bertz CT molecular complexity index is 1110. The Kier molecular flexibility index (Phi) is 5.42. The number of carbonyl (C=O) groups excluding carboxylic acids is 2. The standard InChI is InChI=1S/C23H17ClFNO4/c24-16-7-3-14(4-8-16)11-12-26-20(18-2-1-13-30-18)19(22(28)23(26)29)21(27)15-5-9-17(25)10-6-15/h1-10,13,20,27H,11-12H2/b21-19-. The molecule has 0 bridgehead atoms. The van der Waals surface area contributed by atoms with Crippen molar-refractivity contribution in [1.82, 2.24) is 4.90 Å². The molecule has 1 aliphatic heterocycles. The molecule has 0 saturated carbocycles. The largest absolute Gasteiger partial charge is 0.507 e. The first-order valence-electron chi connectivity index (χ1n) is 9.28. The Morgan fingerprint density at radius 1 is 1.07 bits per heavy atom. The third-order valence-electron chi connectivity index (χ3n) is 5.02. The number of nitrogens with zero attached hydrogens (tertiary/aromatic N) is 1. The number of halogens is 2. The molecular weight excluding hydrogens is 409 g/mol. The summed E-state index contributed by atoms with van der Waals surface area (Å²) in [4.78, 5) is 27.0. The van der Waals surface area contributed by atoms with Crippen LogP contribution >= 0.6 is 11.6 Å². The van der Waals surface area contributed by atoms with E-state index in [4.69, 9.17) is 16.0 Å². The lowest BCUT2D eigenvalue weighted by atomic mass is 9.99. The van der Waals surface area contributed by atoms with Crippen molar-refractivity contribution >= 4 is 29.1 Å². The molecule has 152 valence electrons. The van der Waals surface area contributed by atoms with Crippen molar-refractivity contribution in [2.75, 3.05) is 6.54 Å². The highest BCUT2D eigenvalue weighted by atomic mass is 35.5. The van der Waals surface area contributed by atoms with Gasteiger partial charge in [0, 0.05) is 17.1 Å². The topological polar surface area (TPSA) is 70.8 Å². The Morgan fingerprint density at radius 3 is 2.40 bits per heavy atom. The van der Waals surface area contributed by atoms with Gasteiger partial charge in [0.2, 0.25) is 0 Å². The van der Waals surface area contributed by atoms with Gasteiger partial charge in [-0.05, 0) is 60.5 Å². The molecule has 2 aromatic carbocycles. The third-order valence-corrected chi connectivity index (χ3v) is 5.28. The number of Topliss-reactive ketones (excluding diaryl/α,β-unsaturated/α-hetero) is 1. The number of benzene rings is 2. The van der Waals surface area contributed by atoms with E-state index in [-0.39, 0.29) is 23.4 Å². The van der Waals surface area contributed by atoms with Crippen LogP contribution in [-0.2, 0) is 16.0 Å². The third kappa shape index (κ3) is 3.74. The number of amides is 1. The van der Waals surface area contributed by atoms with E-state index in [1.807, 2.05) is 12.1 Å². The van der Waals surface area contributed by atoms with Gasteiger partial charge >= 0.3 is 0 Å². The number of hydrogen-bond acceptors (Lipinski definition) is 4. The second-order valence-corrected chi connectivity index (χ2v) is 7.33. The molecule has 7 heteroatoms. The van der Waals surface area contributed by atoms with E-state index in [1.54, 1.807) is 24.3 Å². The molecule has 1 amide bonds. The summed E-state index contributed by atoms with van der Waals surface area (Å²) < 4.78 is 18.7. The second-order valence-electron chi connectivity index (χ2n) is 6.89. The molecule has 0 radical (unpaired) electrons. The molecule has 0 aliphatic carbocycles. The van der Waals surface area contributed by atoms with Crippen LogP contribution < -0.4 is 0 Å². The van der Waals surface area contributed by atoms with Crippen LogP contribution in [0.25, 0.3) is 5.76 Å². The minimum Gasteiger partial charge on any atom is -0.507 e. The summed E-state index contributed by atoms with van der Waals surface area (Å²) in [5, 5.41) is 11.4. The Labute approximate surface area is 177 Å². The normalized spacial score (nSPS) is 18.2. The molecule has 1 fully saturated rings. The average molecular weight is 426 g/mol. The van der Waals surface area contributed by atoms with Crippen molar-refractivity contribution in [2.24, 2.45) is 0 Å². The Hall–Kier alpha value is -3.38. The fourth-order valence-corrected chi connectivity index (χ4v) is 3.64. The van der Waals surface area contributed by atoms with E-state index in [2.05, 4.69) is 0 Å². The fourth-order valence-electron chi connectivity index (χ4n) is 3.52. The second kappa shape index (κ2) is 8.16. The number of likely N-dealkylation sites (tertiary alicyclic amines) is 1. The summed E-state index contributed by atoms with van der Waals surface area (Å²) >= 11 is 5.91. The highest BCUT2D eigenvalue weighted by Crippen LogP contribution is 2.39. The summed E-state index contributed by atoms with van der Waals surface area (Å²) in [5.41, 5.74) is 1.10. The van der Waals surface area contributed by atoms with E-state index < -0.39 is 23.5 Å². The SMILES string of the molecule is O=C1C(=O)N(CCc2ccc(Cl)cc2)C(c2ccco2)/C1=C(/O)c1ccc(F)cc1. The lowest BCUT2D eigenvalue weighted by Crippen LogP contribution is -2.31. The molecule has 4 rings (SSSR count). The molecular formula is C23H17ClFNO4. The number of hydrogen-bond donors (Lipinski definition) is 1. The predicted octanol–water partition coefficient (Wildman–Crippen LogP) is 4.74. The molecule has 1 aliphatic rings. The zero-order chi connectivity index (χ0) is 21.3. The Balaban J connectivity index is 1.72. The van der Waals surface area contributed by atoms with Crippen molar-refractivity contribution in [3.8, 4) is 0 Å². The van der Waals surface area contributed by atoms with Crippen LogP contribution in [0.5, 0.6) is 0 Å². The number of aliphatic hydroxyl groups excluding tert-OH is 1. The van der Waals surface area contributed by atoms with Crippen molar-refractivity contribution in [1.29, 1.82) is 0 Å². The lowest BCUT2D eigenvalue weighted by molar-refractivity contribution is -0.140. The predicted molar refractivity (Wildman–Crippen MR) is 109 cm³/mol. The average Bonchev–Trinajstić information content (AvgIpc) is 3.35. The maximum Gasteiger partial charge on any atom is 0.295 e. The number of ketones is 1.